The largest absolute Gasteiger partial charge is 0.624 e. The van der Waals surface area contributed by atoms with E-state index in [9.17, 15) is 0 Å². The van der Waals surface area contributed by atoms with Gasteiger partial charge in [-0.1, -0.05) is 159 Å². The molecule has 1 aromatic heterocycles. The summed E-state index contributed by atoms with van der Waals surface area (Å²) >= 11 is 0. The lowest BCUT2D eigenvalue weighted by atomic mass is 9.82. The normalized spacial score (nSPS) is 20.1. The zero-order valence-electron chi connectivity index (χ0n) is 26.0. The summed E-state index contributed by atoms with van der Waals surface area (Å²) in [5, 5.41) is 15.6. The van der Waals surface area contributed by atoms with Gasteiger partial charge in [-0.05, 0) is 57.6 Å². The average Bonchev–Trinajstić information content (AvgIpc) is 3.56. The molecule has 0 bridgehead atoms. The van der Waals surface area contributed by atoms with Gasteiger partial charge in [0.15, 0.2) is 0 Å². The van der Waals surface area contributed by atoms with Gasteiger partial charge in [0, 0.05) is 16.2 Å². The lowest BCUT2D eigenvalue weighted by Gasteiger charge is -2.50. The van der Waals surface area contributed by atoms with Crippen LogP contribution in [0.2, 0.25) is 0 Å². The maximum atomic E-state index is 5.27. The molecule has 46 heavy (non-hydrogen) atoms. The molecule has 7 aromatic rings. The summed E-state index contributed by atoms with van der Waals surface area (Å²) in [6, 6.07) is 52.6. The van der Waals surface area contributed by atoms with E-state index in [1.165, 1.54) is 55.2 Å². The van der Waals surface area contributed by atoms with Crippen LogP contribution in [-0.2, 0) is 5.41 Å². The molecule has 1 fully saturated rings. The zero-order valence-corrected chi connectivity index (χ0v) is 26.0. The number of benzene rings is 6. The van der Waals surface area contributed by atoms with E-state index in [0.717, 1.165) is 11.1 Å². The lowest BCUT2D eigenvalue weighted by molar-refractivity contribution is 0.251. The Morgan fingerprint density at radius 3 is 1.78 bits per heavy atom. The van der Waals surface area contributed by atoms with Crippen molar-refractivity contribution in [2.24, 2.45) is 0 Å². The topological polar surface area (TPSA) is 43.1 Å². The second kappa shape index (κ2) is 10.5. The highest BCUT2D eigenvalue weighted by Gasteiger charge is 2.36. The van der Waals surface area contributed by atoms with E-state index >= 15 is 0 Å². The highest BCUT2D eigenvalue weighted by molar-refractivity contribution is 6.11. The Balaban J connectivity index is 1.29. The molecule has 2 heterocycles. The first kappa shape index (κ1) is 27.3. The highest BCUT2D eigenvalue weighted by atomic mass is 15.4. The molecule has 0 amide bonds. The van der Waals surface area contributed by atoms with E-state index in [1.807, 2.05) is 0 Å². The van der Waals surface area contributed by atoms with Crippen molar-refractivity contribution in [3.8, 4) is 22.3 Å². The van der Waals surface area contributed by atoms with Gasteiger partial charge >= 0.3 is 0 Å². The standard InChI is InChI=1S/C42H35N4/c1-42(2)35-21-13-12-20-31(35)32-26-38-34(25-36(32)42)33-24-30(27-14-6-3-7-15-27)22-23-37(33)46(38)41-44-39(28-16-8-4-9-17-28)43-40(45-41)29-18-10-5-11-19-29/h3-26,39-41,44-45H,1-2H3/q-1. The van der Waals surface area contributed by atoms with Crippen molar-refractivity contribution in [1.29, 1.82) is 0 Å². The van der Waals surface area contributed by atoms with E-state index < -0.39 is 0 Å². The van der Waals surface area contributed by atoms with Crippen molar-refractivity contribution < 1.29 is 0 Å². The van der Waals surface area contributed by atoms with Gasteiger partial charge in [-0.3, -0.25) is 10.6 Å². The van der Waals surface area contributed by atoms with Crippen molar-refractivity contribution in [3.05, 3.63) is 173 Å². The summed E-state index contributed by atoms with van der Waals surface area (Å²) in [4.78, 5) is 0. The van der Waals surface area contributed by atoms with Gasteiger partial charge in [0.25, 0.3) is 0 Å². The highest BCUT2D eigenvalue weighted by Crippen LogP contribution is 2.51. The predicted octanol–water partition coefficient (Wildman–Crippen LogP) is 10.2. The van der Waals surface area contributed by atoms with Crippen molar-refractivity contribution in [3.63, 3.8) is 0 Å². The van der Waals surface area contributed by atoms with Gasteiger partial charge in [0.1, 0.15) is 6.29 Å². The number of hydrogen-bond acceptors (Lipinski definition) is 2. The minimum Gasteiger partial charge on any atom is -0.624 e. The first-order valence-corrected chi connectivity index (χ1v) is 16.2. The van der Waals surface area contributed by atoms with Crippen molar-refractivity contribution in [1.82, 2.24) is 15.2 Å². The Morgan fingerprint density at radius 1 is 0.522 bits per heavy atom. The van der Waals surface area contributed by atoms with Crippen molar-refractivity contribution in [2.45, 2.75) is 37.9 Å². The molecular weight excluding hydrogens is 560 g/mol. The summed E-state index contributed by atoms with van der Waals surface area (Å²) in [7, 11) is 0. The van der Waals surface area contributed by atoms with Crippen LogP contribution >= 0.6 is 0 Å². The van der Waals surface area contributed by atoms with Crippen LogP contribution in [0.1, 0.15) is 54.7 Å². The van der Waals surface area contributed by atoms with Gasteiger partial charge in [-0.2, -0.15) is 0 Å². The smallest absolute Gasteiger partial charge is 0.137 e. The van der Waals surface area contributed by atoms with E-state index in [2.05, 4.69) is 175 Å². The molecule has 2 N–H and O–H groups in total. The van der Waals surface area contributed by atoms with Gasteiger partial charge in [-0.15, -0.1) is 0 Å². The lowest BCUT2D eigenvalue weighted by Crippen LogP contribution is -2.47. The summed E-state index contributed by atoms with van der Waals surface area (Å²) in [5.41, 5.74) is 12.5. The Labute approximate surface area is 269 Å². The summed E-state index contributed by atoms with van der Waals surface area (Å²) < 4.78 is 2.47. The Hall–Kier alpha value is -5.00. The zero-order chi connectivity index (χ0) is 30.8. The van der Waals surface area contributed by atoms with Crippen LogP contribution in [0.5, 0.6) is 0 Å². The number of rotatable bonds is 4. The average molecular weight is 596 g/mol. The Kier molecular flexibility index (Phi) is 6.26. The SMILES string of the molecule is CC1(C)c2ccccc2-c2cc3c(cc21)c1cc(-c2ccccc2)ccc1n3C1NC(c2ccccc2)[N-]C(c2ccccc2)N1. The molecule has 2 unspecified atom stereocenters. The molecule has 1 aliphatic heterocycles. The maximum absolute atomic E-state index is 5.27. The van der Waals surface area contributed by atoms with Crippen LogP contribution in [0.3, 0.4) is 0 Å². The minimum atomic E-state index is -0.210. The third-order valence-electron chi connectivity index (χ3n) is 10.0. The van der Waals surface area contributed by atoms with Crippen LogP contribution in [0.4, 0.5) is 0 Å². The molecule has 224 valence electrons. The third kappa shape index (κ3) is 4.26. The fourth-order valence-electron chi connectivity index (χ4n) is 7.70. The van der Waals surface area contributed by atoms with E-state index in [1.54, 1.807) is 0 Å². The van der Waals surface area contributed by atoms with Crippen LogP contribution in [0.25, 0.3) is 49.4 Å². The molecule has 9 rings (SSSR count). The summed E-state index contributed by atoms with van der Waals surface area (Å²) in [5.74, 6) is 0. The number of nitrogens with zero attached hydrogens (tertiary/aromatic N) is 2. The van der Waals surface area contributed by atoms with Gasteiger partial charge < -0.3 is 9.88 Å². The van der Waals surface area contributed by atoms with Crippen LogP contribution in [0.15, 0.2) is 146 Å². The van der Waals surface area contributed by atoms with Crippen LogP contribution in [0, 0.1) is 0 Å². The maximum Gasteiger partial charge on any atom is 0.137 e. The molecule has 1 saturated heterocycles. The summed E-state index contributed by atoms with van der Waals surface area (Å²) in [6.45, 7) is 4.72. The molecule has 2 atom stereocenters. The van der Waals surface area contributed by atoms with Gasteiger partial charge in [0.2, 0.25) is 0 Å². The fraction of sp³-hybridized carbons (Fsp3) is 0.143. The number of fused-ring (bicyclic) bond motifs is 6. The molecule has 4 nitrogen and oxygen atoms in total. The van der Waals surface area contributed by atoms with E-state index in [-0.39, 0.29) is 24.0 Å². The Morgan fingerprint density at radius 2 is 1.11 bits per heavy atom. The van der Waals surface area contributed by atoms with E-state index in [0.29, 0.717) is 0 Å². The second-order valence-electron chi connectivity index (χ2n) is 13.1. The van der Waals surface area contributed by atoms with Gasteiger partial charge in [0.05, 0.1) is 11.0 Å². The molecule has 0 radical (unpaired) electrons. The number of hydrogen-bond donors (Lipinski definition) is 2. The fourth-order valence-corrected chi connectivity index (χ4v) is 7.70. The molecule has 1 aliphatic carbocycles. The van der Waals surface area contributed by atoms with Gasteiger partial charge in [-0.25, -0.2) is 0 Å². The third-order valence-corrected chi connectivity index (χ3v) is 10.0. The van der Waals surface area contributed by atoms with Crippen LogP contribution in [-0.4, -0.2) is 4.57 Å². The quantitative estimate of drug-likeness (QED) is 0.213. The molecule has 0 saturated carbocycles. The number of nitrogens with one attached hydrogen (secondary N) is 2. The number of aromatic nitrogens is 1. The molecule has 2 aliphatic rings. The predicted molar refractivity (Wildman–Crippen MR) is 189 cm³/mol. The molecular formula is C42H35N4-. The minimum absolute atomic E-state index is 0.0807. The molecule has 6 aromatic carbocycles. The van der Waals surface area contributed by atoms with Crippen molar-refractivity contribution in [2.75, 3.05) is 0 Å². The molecule has 4 heteroatoms. The molecule has 0 spiro atoms. The van der Waals surface area contributed by atoms with E-state index in [4.69, 9.17) is 5.32 Å². The monoisotopic (exact) mass is 595 g/mol. The van der Waals surface area contributed by atoms with Crippen molar-refractivity contribution >= 4 is 21.8 Å². The first-order valence-electron chi connectivity index (χ1n) is 16.2. The second-order valence-corrected chi connectivity index (χ2v) is 13.1. The summed E-state index contributed by atoms with van der Waals surface area (Å²) in [6.07, 6.45) is -0.566. The first-order chi connectivity index (χ1) is 22.6. The Bertz CT molecular complexity index is 2170. The van der Waals surface area contributed by atoms with Crippen LogP contribution < -0.4 is 10.6 Å².